The van der Waals surface area contributed by atoms with Crippen LogP contribution in [0, 0.1) is 6.92 Å². The van der Waals surface area contributed by atoms with E-state index in [1.807, 2.05) is 0 Å². The van der Waals surface area contributed by atoms with Crippen LogP contribution < -0.4 is 5.32 Å². The topological polar surface area (TPSA) is 75.6 Å². The smallest absolute Gasteiger partial charge is 0.317 e. The third-order valence-electron chi connectivity index (χ3n) is 2.70. The summed E-state index contributed by atoms with van der Waals surface area (Å²) in [5.74, 6) is -0.667. The predicted octanol–water partition coefficient (Wildman–Crippen LogP) is 2.21. The summed E-state index contributed by atoms with van der Waals surface area (Å²) in [6, 6.07) is 1.43. The van der Waals surface area contributed by atoms with E-state index >= 15 is 0 Å². The van der Waals surface area contributed by atoms with Crippen LogP contribution in [-0.4, -0.2) is 25.9 Å². The maximum absolute atomic E-state index is 12.7. The Morgan fingerprint density at radius 1 is 1.50 bits per heavy atom. The summed E-state index contributed by atoms with van der Waals surface area (Å²) in [7, 11) is 0. The average molecular weight is 287 g/mol. The highest BCUT2D eigenvalue weighted by atomic mass is 19.4. The molecule has 0 fully saturated rings. The van der Waals surface area contributed by atoms with Crippen LogP contribution in [0.2, 0.25) is 0 Å². The number of hydrogen-bond donors (Lipinski definition) is 2. The number of rotatable bonds is 3. The number of amides is 1. The van der Waals surface area contributed by atoms with Crippen molar-refractivity contribution in [3.8, 4) is 0 Å². The number of aromatic amines is 1. The van der Waals surface area contributed by atoms with Gasteiger partial charge in [0.15, 0.2) is 5.69 Å². The molecule has 108 valence electrons. The van der Waals surface area contributed by atoms with Gasteiger partial charge in [0.05, 0.1) is 11.4 Å². The molecule has 6 nitrogen and oxygen atoms in total. The molecule has 0 atom stereocenters. The van der Waals surface area contributed by atoms with Crippen molar-refractivity contribution < 1.29 is 18.0 Å². The van der Waals surface area contributed by atoms with Gasteiger partial charge in [0.25, 0.3) is 5.91 Å². The fourth-order valence-corrected chi connectivity index (χ4v) is 1.74. The van der Waals surface area contributed by atoms with Gasteiger partial charge in [0.2, 0.25) is 0 Å². The van der Waals surface area contributed by atoms with Crippen LogP contribution in [0.15, 0.2) is 12.3 Å². The monoisotopic (exact) mass is 287 g/mol. The third-order valence-corrected chi connectivity index (χ3v) is 2.70. The molecule has 0 spiro atoms. The first kappa shape index (κ1) is 14.1. The van der Waals surface area contributed by atoms with Crippen LogP contribution in [0.25, 0.3) is 0 Å². The molecule has 2 aromatic heterocycles. The predicted molar refractivity (Wildman–Crippen MR) is 64.2 cm³/mol. The number of nitrogens with zero attached hydrogens (tertiary/aromatic N) is 3. The van der Waals surface area contributed by atoms with Gasteiger partial charge in [0, 0.05) is 12.7 Å². The van der Waals surface area contributed by atoms with Crippen LogP contribution >= 0.6 is 0 Å². The summed E-state index contributed by atoms with van der Waals surface area (Å²) in [6.45, 7) is 3.61. The summed E-state index contributed by atoms with van der Waals surface area (Å²) in [5.41, 5.74) is -1.20. The lowest BCUT2D eigenvalue weighted by molar-refractivity contribution is -0.140. The largest absolute Gasteiger partial charge is 0.437 e. The first-order chi connectivity index (χ1) is 9.34. The van der Waals surface area contributed by atoms with E-state index in [1.54, 1.807) is 6.92 Å². The number of H-pyrrole nitrogens is 1. The first-order valence-corrected chi connectivity index (χ1v) is 5.80. The summed E-state index contributed by atoms with van der Waals surface area (Å²) in [5, 5.41) is 11.5. The lowest BCUT2D eigenvalue weighted by Gasteiger charge is -2.09. The Kier molecular flexibility index (Phi) is 3.51. The highest BCUT2D eigenvalue weighted by Crippen LogP contribution is 2.34. The van der Waals surface area contributed by atoms with Crippen molar-refractivity contribution in [1.29, 1.82) is 0 Å². The van der Waals surface area contributed by atoms with Gasteiger partial charge in [-0.1, -0.05) is 0 Å². The second kappa shape index (κ2) is 4.99. The SMILES string of the molecule is CCn1nccc1C(=O)Nc1c(C(F)(F)F)n[nH]c1C. The molecule has 0 aromatic carbocycles. The van der Waals surface area contributed by atoms with Gasteiger partial charge in [0.1, 0.15) is 5.69 Å². The van der Waals surface area contributed by atoms with Gasteiger partial charge in [-0.05, 0) is 19.9 Å². The van der Waals surface area contributed by atoms with E-state index < -0.39 is 17.8 Å². The van der Waals surface area contributed by atoms with E-state index in [2.05, 4.69) is 20.6 Å². The number of alkyl halides is 3. The highest BCUT2D eigenvalue weighted by Gasteiger charge is 2.38. The fourth-order valence-electron chi connectivity index (χ4n) is 1.74. The minimum Gasteiger partial charge on any atom is -0.317 e. The molecule has 20 heavy (non-hydrogen) atoms. The van der Waals surface area contributed by atoms with Crippen molar-refractivity contribution in [1.82, 2.24) is 20.0 Å². The summed E-state index contributed by atoms with van der Waals surface area (Å²) in [6.07, 6.45) is -3.23. The van der Waals surface area contributed by atoms with Crippen LogP contribution in [0.4, 0.5) is 18.9 Å². The van der Waals surface area contributed by atoms with E-state index in [4.69, 9.17) is 0 Å². The van der Waals surface area contributed by atoms with Gasteiger partial charge in [-0.25, -0.2) is 0 Å². The molecule has 0 aliphatic heterocycles. The number of aromatic nitrogens is 4. The molecule has 0 saturated heterocycles. The Labute approximate surface area is 112 Å². The molecule has 0 saturated carbocycles. The van der Waals surface area contributed by atoms with Crippen molar-refractivity contribution in [3.05, 3.63) is 29.3 Å². The van der Waals surface area contributed by atoms with E-state index in [0.717, 1.165) is 0 Å². The van der Waals surface area contributed by atoms with Crippen molar-refractivity contribution in [3.63, 3.8) is 0 Å². The summed E-state index contributed by atoms with van der Waals surface area (Å²) in [4.78, 5) is 12.0. The van der Waals surface area contributed by atoms with Gasteiger partial charge >= 0.3 is 6.18 Å². The third kappa shape index (κ3) is 2.51. The Bertz CT molecular complexity index is 628. The van der Waals surface area contributed by atoms with Crippen LogP contribution in [0.5, 0.6) is 0 Å². The maximum atomic E-state index is 12.7. The molecule has 0 radical (unpaired) electrons. The molecule has 9 heteroatoms. The normalized spacial score (nSPS) is 11.7. The van der Waals surface area contributed by atoms with Gasteiger partial charge < -0.3 is 5.32 Å². The molecule has 0 bridgehead atoms. The quantitative estimate of drug-likeness (QED) is 0.908. The lowest BCUT2D eigenvalue weighted by Crippen LogP contribution is -2.20. The number of anilines is 1. The number of hydrogen-bond acceptors (Lipinski definition) is 3. The van der Waals surface area contributed by atoms with Crippen molar-refractivity contribution in [2.24, 2.45) is 0 Å². The second-order valence-electron chi connectivity index (χ2n) is 4.06. The molecule has 2 aromatic rings. The molecule has 2 N–H and O–H groups in total. The van der Waals surface area contributed by atoms with Crippen LogP contribution in [-0.2, 0) is 12.7 Å². The molecule has 0 aliphatic rings. The Hall–Kier alpha value is -2.32. The van der Waals surface area contributed by atoms with Crippen molar-refractivity contribution in [2.45, 2.75) is 26.6 Å². The fraction of sp³-hybridized carbons (Fsp3) is 0.364. The molecular formula is C11H12F3N5O. The first-order valence-electron chi connectivity index (χ1n) is 5.80. The van der Waals surface area contributed by atoms with Crippen LogP contribution in [0.3, 0.4) is 0 Å². The summed E-state index contributed by atoms with van der Waals surface area (Å²) >= 11 is 0. The maximum Gasteiger partial charge on any atom is 0.437 e. The number of nitrogens with one attached hydrogen (secondary N) is 2. The highest BCUT2D eigenvalue weighted by molar-refractivity contribution is 6.03. The van der Waals surface area contributed by atoms with Gasteiger partial charge in [-0.2, -0.15) is 23.4 Å². The van der Waals surface area contributed by atoms with Gasteiger partial charge in [-0.3, -0.25) is 14.6 Å². The molecule has 2 rings (SSSR count). The van der Waals surface area contributed by atoms with Gasteiger partial charge in [-0.15, -0.1) is 0 Å². The van der Waals surface area contributed by atoms with E-state index in [9.17, 15) is 18.0 Å². The molecule has 1 amide bonds. The molecule has 2 heterocycles. The standard InChI is InChI=1S/C11H12F3N5O/c1-3-19-7(4-5-15-19)10(20)16-8-6(2)17-18-9(8)11(12,13)14/h4-5H,3H2,1-2H3,(H,16,20)(H,17,18). The van der Waals surface area contributed by atoms with E-state index in [-0.39, 0.29) is 17.1 Å². The zero-order chi connectivity index (χ0) is 14.9. The Balaban J connectivity index is 2.31. The number of aryl methyl sites for hydroxylation is 2. The Morgan fingerprint density at radius 3 is 2.80 bits per heavy atom. The zero-order valence-corrected chi connectivity index (χ0v) is 10.7. The molecule has 0 aliphatic carbocycles. The Morgan fingerprint density at radius 2 is 2.20 bits per heavy atom. The number of halogens is 3. The lowest BCUT2D eigenvalue weighted by atomic mass is 10.2. The minimum atomic E-state index is -4.64. The second-order valence-corrected chi connectivity index (χ2v) is 4.06. The van der Waals surface area contributed by atoms with Crippen LogP contribution in [0.1, 0.15) is 28.8 Å². The molecule has 0 unspecified atom stereocenters. The zero-order valence-electron chi connectivity index (χ0n) is 10.7. The van der Waals surface area contributed by atoms with E-state index in [0.29, 0.717) is 6.54 Å². The molecular weight excluding hydrogens is 275 g/mol. The summed E-state index contributed by atoms with van der Waals surface area (Å²) < 4.78 is 39.6. The number of carbonyl (C=O) groups excluding carboxylic acids is 1. The van der Waals surface area contributed by atoms with Crippen molar-refractivity contribution in [2.75, 3.05) is 5.32 Å². The number of carbonyl (C=O) groups is 1. The minimum absolute atomic E-state index is 0.133. The van der Waals surface area contributed by atoms with Crippen molar-refractivity contribution >= 4 is 11.6 Å². The van der Waals surface area contributed by atoms with E-state index in [1.165, 1.54) is 23.9 Å². The average Bonchev–Trinajstić information content (AvgIpc) is 2.95.